The summed E-state index contributed by atoms with van der Waals surface area (Å²) < 4.78 is 27.8. The van der Waals surface area contributed by atoms with E-state index in [4.69, 9.17) is 0 Å². The summed E-state index contributed by atoms with van der Waals surface area (Å²) in [6, 6.07) is 11.0. The van der Waals surface area contributed by atoms with Crippen LogP contribution in [0.4, 0.5) is 5.69 Å². The number of H-pyrrole nitrogens is 2. The average molecular weight is 397 g/mol. The Balaban J connectivity index is 1.89. The van der Waals surface area contributed by atoms with E-state index in [2.05, 4.69) is 14.7 Å². The van der Waals surface area contributed by atoms with Gasteiger partial charge < -0.3 is 15.1 Å². The van der Waals surface area contributed by atoms with Gasteiger partial charge in [-0.3, -0.25) is 9.52 Å². The summed E-state index contributed by atoms with van der Waals surface area (Å²) in [6.07, 6.45) is 1.24. The topological polar surface area (TPSA) is 132 Å². The molecule has 0 atom stereocenters. The summed E-state index contributed by atoms with van der Waals surface area (Å²) in [5.41, 5.74) is 1.05. The van der Waals surface area contributed by atoms with Gasteiger partial charge in [-0.2, -0.15) is 0 Å². The Kier molecular flexibility index (Phi) is 3.97. The van der Waals surface area contributed by atoms with Crippen molar-refractivity contribution < 1.29 is 18.3 Å². The van der Waals surface area contributed by atoms with Gasteiger partial charge in [0.2, 0.25) is 0 Å². The molecule has 2 aromatic heterocycles. The Labute approximate surface area is 158 Å². The molecule has 0 saturated carbocycles. The molecule has 0 aliphatic rings. The van der Waals surface area contributed by atoms with Crippen molar-refractivity contribution in [3.63, 3.8) is 0 Å². The monoisotopic (exact) mass is 397 g/mol. The second kappa shape index (κ2) is 6.24. The highest BCUT2D eigenvalue weighted by atomic mass is 32.2. The predicted octanol–water partition coefficient (Wildman–Crippen LogP) is 2.82. The van der Waals surface area contributed by atoms with Crippen LogP contribution in [0, 0.1) is 6.92 Å². The molecule has 2 heterocycles. The maximum Gasteiger partial charge on any atom is 0.337 e. The van der Waals surface area contributed by atoms with Crippen LogP contribution < -0.4 is 10.3 Å². The van der Waals surface area contributed by atoms with E-state index in [1.807, 2.05) is 0 Å². The number of pyridine rings is 1. The fraction of sp³-hybridized carbons (Fsp3) is 0.0526. The molecule has 9 heteroatoms. The Morgan fingerprint density at radius 3 is 2.64 bits per heavy atom. The molecular weight excluding hydrogens is 382 g/mol. The van der Waals surface area contributed by atoms with Crippen LogP contribution in [0.25, 0.3) is 21.8 Å². The number of benzene rings is 2. The van der Waals surface area contributed by atoms with E-state index in [-0.39, 0.29) is 27.0 Å². The van der Waals surface area contributed by atoms with Gasteiger partial charge in [-0.05, 0) is 42.8 Å². The summed E-state index contributed by atoms with van der Waals surface area (Å²) in [6.45, 7) is 1.79. The maximum absolute atomic E-state index is 12.7. The molecule has 0 spiro atoms. The van der Waals surface area contributed by atoms with Crippen molar-refractivity contribution in [3.8, 4) is 0 Å². The molecule has 0 saturated heterocycles. The van der Waals surface area contributed by atoms with Crippen molar-refractivity contribution in [2.45, 2.75) is 11.8 Å². The summed E-state index contributed by atoms with van der Waals surface area (Å²) in [5, 5.41) is 10.0. The summed E-state index contributed by atoms with van der Waals surface area (Å²) in [7, 11) is -3.83. The van der Waals surface area contributed by atoms with Crippen molar-refractivity contribution >= 4 is 43.5 Å². The normalized spacial score (nSPS) is 11.8. The van der Waals surface area contributed by atoms with E-state index >= 15 is 0 Å². The van der Waals surface area contributed by atoms with Crippen LogP contribution >= 0.6 is 0 Å². The number of hydrogen-bond acceptors (Lipinski definition) is 4. The highest BCUT2D eigenvalue weighted by Crippen LogP contribution is 2.28. The van der Waals surface area contributed by atoms with Gasteiger partial charge in [0.05, 0.1) is 10.5 Å². The number of nitrogens with one attached hydrogen (secondary N) is 3. The first-order valence-corrected chi connectivity index (χ1v) is 9.74. The second-order valence-corrected chi connectivity index (χ2v) is 8.08. The molecule has 0 fully saturated rings. The zero-order valence-corrected chi connectivity index (χ0v) is 15.4. The van der Waals surface area contributed by atoms with Crippen molar-refractivity contribution in [3.05, 3.63) is 70.1 Å². The van der Waals surface area contributed by atoms with Gasteiger partial charge in [-0.25, -0.2) is 13.2 Å². The number of carboxylic acids is 1. The average Bonchev–Trinajstić information content (AvgIpc) is 3.08. The molecule has 4 rings (SSSR count). The molecule has 0 unspecified atom stereocenters. The van der Waals surface area contributed by atoms with Crippen LogP contribution in [0.1, 0.15) is 15.9 Å². The zero-order chi connectivity index (χ0) is 20.1. The molecule has 8 nitrogen and oxygen atoms in total. The number of anilines is 1. The minimum absolute atomic E-state index is 0.0650. The Hall–Kier alpha value is -3.59. The largest absolute Gasteiger partial charge is 0.478 e. The molecule has 142 valence electrons. The summed E-state index contributed by atoms with van der Waals surface area (Å²) >= 11 is 0. The molecule has 4 N–H and O–H groups in total. The fourth-order valence-electron chi connectivity index (χ4n) is 3.16. The van der Waals surface area contributed by atoms with Gasteiger partial charge in [-0.15, -0.1) is 0 Å². The lowest BCUT2D eigenvalue weighted by Crippen LogP contribution is -2.13. The van der Waals surface area contributed by atoms with Gasteiger partial charge in [0, 0.05) is 28.2 Å². The van der Waals surface area contributed by atoms with Gasteiger partial charge >= 0.3 is 5.97 Å². The molecule has 0 amide bonds. The molecule has 28 heavy (non-hydrogen) atoms. The molecule has 4 aromatic rings. The predicted molar refractivity (Wildman–Crippen MR) is 105 cm³/mol. The standard InChI is InChI=1S/C19H15N3O5S/c1-10-3-2-4-12(7-10)28(26,27)22-11-5-6-15-13(8-11)16-14(19(24)25)9-20-17(16)18(23)21-15/h2-9,20,22H,1H3,(H,21,23)(H,24,25). The van der Waals surface area contributed by atoms with Crippen molar-refractivity contribution in [1.29, 1.82) is 0 Å². The van der Waals surface area contributed by atoms with E-state index < -0.39 is 21.6 Å². The third-order valence-electron chi connectivity index (χ3n) is 4.43. The molecule has 0 aliphatic heterocycles. The molecule has 0 aliphatic carbocycles. The van der Waals surface area contributed by atoms with Crippen LogP contribution in [0.5, 0.6) is 0 Å². The lowest BCUT2D eigenvalue weighted by molar-refractivity contribution is 0.0699. The Morgan fingerprint density at radius 1 is 1.14 bits per heavy atom. The fourth-order valence-corrected chi connectivity index (χ4v) is 4.31. The van der Waals surface area contributed by atoms with Crippen LogP contribution in [0.3, 0.4) is 0 Å². The number of sulfonamides is 1. The first kappa shape index (κ1) is 17.8. The Bertz CT molecular complexity index is 1420. The van der Waals surface area contributed by atoms with Crippen molar-refractivity contribution in [2.75, 3.05) is 4.72 Å². The molecular formula is C19H15N3O5S. The minimum Gasteiger partial charge on any atom is -0.478 e. The van der Waals surface area contributed by atoms with E-state index in [0.717, 1.165) is 5.56 Å². The first-order valence-electron chi connectivity index (χ1n) is 8.26. The number of aromatic amines is 2. The SMILES string of the molecule is Cc1cccc(S(=O)(=O)Nc2ccc3[nH]c(=O)c4[nH]cc(C(=O)O)c4c3c2)c1. The lowest BCUT2D eigenvalue weighted by atomic mass is 10.1. The Morgan fingerprint density at radius 2 is 1.93 bits per heavy atom. The third kappa shape index (κ3) is 2.91. The minimum atomic E-state index is -3.83. The van der Waals surface area contributed by atoms with Gasteiger partial charge in [-0.1, -0.05) is 12.1 Å². The number of carboxylic acid groups (broad SMARTS) is 1. The zero-order valence-electron chi connectivity index (χ0n) is 14.6. The number of rotatable bonds is 4. The number of aryl methyl sites for hydroxylation is 1. The maximum atomic E-state index is 12.7. The van der Waals surface area contributed by atoms with Crippen molar-refractivity contribution in [1.82, 2.24) is 9.97 Å². The highest BCUT2D eigenvalue weighted by Gasteiger charge is 2.18. The number of aromatic carboxylic acids is 1. The smallest absolute Gasteiger partial charge is 0.337 e. The van der Waals surface area contributed by atoms with Crippen molar-refractivity contribution in [2.24, 2.45) is 0 Å². The third-order valence-corrected chi connectivity index (χ3v) is 5.81. The van der Waals surface area contributed by atoms with Gasteiger partial charge in [0.1, 0.15) is 5.52 Å². The number of hydrogen-bond donors (Lipinski definition) is 4. The van der Waals surface area contributed by atoms with Gasteiger partial charge in [0.15, 0.2) is 0 Å². The van der Waals surface area contributed by atoms with Crippen LogP contribution in [0.2, 0.25) is 0 Å². The van der Waals surface area contributed by atoms with Gasteiger partial charge in [0.25, 0.3) is 15.6 Å². The quantitative estimate of drug-likeness (QED) is 0.420. The molecule has 0 bridgehead atoms. The van der Waals surface area contributed by atoms with Crippen LogP contribution in [0.15, 0.2) is 58.4 Å². The van der Waals surface area contributed by atoms with E-state index in [9.17, 15) is 23.1 Å². The summed E-state index contributed by atoms with van der Waals surface area (Å²) in [5.74, 6) is -1.19. The van der Waals surface area contributed by atoms with E-state index in [1.54, 1.807) is 25.1 Å². The summed E-state index contributed by atoms with van der Waals surface area (Å²) in [4.78, 5) is 29.1. The number of carbonyl (C=O) groups is 1. The second-order valence-electron chi connectivity index (χ2n) is 6.39. The van der Waals surface area contributed by atoms with Crippen LogP contribution in [-0.2, 0) is 10.0 Å². The molecule has 0 radical (unpaired) electrons. The molecule has 2 aromatic carbocycles. The first-order chi connectivity index (χ1) is 13.3. The number of fused-ring (bicyclic) bond motifs is 3. The van der Waals surface area contributed by atoms with E-state index in [0.29, 0.717) is 10.9 Å². The number of aromatic nitrogens is 2. The highest BCUT2D eigenvalue weighted by molar-refractivity contribution is 7.92. The van der Waals surface area contributed by atoms with E-state index in [1.165, 1.54) is 30.5 Å². The van der Waals surface area contributed by atoms with Crippen LogP contribution in [-0.4, -0.2) is 29.5 Å². The lowest BCUT2D eigenvalue weighted by Gasteiger charge is -2.10.